The zero-order valence-corrected chi connectivity index (χ0v) is 18.6. The van der Waals surface area contributed by atoms with Gasteiger partial charge in [0.15, 0.2) is 0 Å². The number of aromatic nitrogens is 1. The molecule has 1 heterocycles. The zero-order valence-electron chi connectivity index (χ0n) is 16.9. The molecule has 0 bridgehead atoms. The summed E-state index contributed by atoms with van der Waals surface area (Å²) in [6.45, 7) is 5.89. The van der Waals surface area contributed by atoms with Gasteiger partial charge in [-0.1, -0.05) is 30.7 Å². The second kappa shape index (κ2) is 9.26. The highest BCUT2D eigenvalue weighted by molar-refractivity contribution is 7.22. The quantitative estimate of drug-likeness (QED) is 0.247. The molecule has 0 amide bonds. The van der Waals surface area contributed by atoms with E-state index in [1.54, 1.807) is 31.2 Å². The normalized spacial score (nSPS) is 11.3. The lowest BCUT2D eigenvalue weighted by Gasteiger charge is -2.15. The maximum absolute atomic E-state index is 12.9. The summed E-state index contributed by atoms with van der Waals surface area (Å²) < 4.78 is 18.8. The summed E-state index contributed by atoms with van der Waals surface area (Å²) in [5, 5.41) is 10.2. The van der Waals surface area contributed by atoms with Gasteiger partial charge in [-0.25, -0.2) is 9.36 Å². The van der Waals surface area contributed by atoms with Gasteiger partial charge in [0, 0.05) is 22.0 Å². The highest BCUT2D eigenvalue weighted by atomic mass is 35.5. The molecule has 30 heavy (non-hydrogen) atoms. The number of aryl methyl sites for hydroxylation is 1. The number of esters is 1. The summed E-state index contributed by atoms with van der Waals surface area (Å²) >= 11 is 6.28. The van der Waals surface area contributed by atoms with Crippen LogP contribution in [0.4, 0.5) is 0 Å². The molecule has 0 aliphatic heterocycles. The lowest BCUT2D eigenvalue weighted by atomic mass is 9.90. The van der Waals surface area contributed by atoms with Crippen LogP contribution in [0.3, 0.4) is 0 Å². The Morgan fingerprint density at radius 3 is 2.70 bits per heavy atom. The predicted molar refractivity (Wildman–Crippen MR) is 120 cm³/mol. The van der Waals surface area contributed by atoms with E-state index in [4.69, 9.17) is 21.6 Å². The molecule has 1 aromatic heterocycles. The second-order valence-corrected chi connectivity index (χ2v) is 7.69. The van der Waals surface area contributed by atoms with Crippen LogP contribution in [0.15, 0.2) is 36.4 Å². The number of carbonyl (C=O) groups excluding carboxylic acids is 1. The molecule has 0 spiro atoms. The maximum Gasteiger partial charge on any atom is 0.356 e. The van der Waals surface area contributed by atoms with E-state index in [-0.39, 0.29) is 20.9 Å². The maximum atomic E-state index is 12.9. The van der Waals surface area contributed by atoms with Crippen molar-refractivity contribution in [3.63, 3.8) is 0 Å². The number of benzene rings is 2. The van der Waals surface area contributed by atoms with Crippen molar-refractivity contribution in [3.05, 3.63) is 63.8 Å². The van der Waals surface area contributed by atoms with E-state index in [9.17, 15) is 9.36 Å². The average Bonchev–Trinajstić information content (AvgIpc) is 3.05. The van der Waals surface area contributed by atoms with Crippen LogP contribution in [0.2, 0.25) is 5.02 Å². The predicted octanol–water partition coefficient (Wildman–Crippen LogP) is 6.60. The molecular formula is C23H20ClN2O3P. The molecule has 0 radical (unpaired) electrons. The lowest BCUT2D eigenvalue weighted by molar-refractivity contribution is 0.0520. The molecule has 0 fully saturated rings. The first-order chi connectivity index (χ1) is 14.5. The van der Waals surface area contributed by atoms with Crippen LogP contribution < -0.4 is 0 Å². The standard InChI is InChI=1S/C23H20ClN2O3P/c1-4-17-15(7-6-10-25)11-14(3)12-18(17)21-19-13-16(24)8-9-20(19)26(30-28)22(21)23(27)29-5-2/h6-9,11-13H,4-5H2,1-3H3/b7-6+. The Labute approximate surface area is 181 Å². The molecule has 0 saturated carbocycles. The largest absolute Gasteiger partial charge is 0.461 e. The molecule has 2 aromatic carbocycles. The fourth-order valence-corrected chi connectivity index (χ4v) is 4.43. The number of nitrogens with zero attached hydrogens (tertiary/aromatic N) is 2. The number of carbonyl (C=O) groups is 1. The number of fused-ring (bicyclic) bond motifs is 1. The van der Waals surface area contributed by atoms with Gasteiger partial charge in [0.1, 0.15) is 5.69 Å². The molecule has 0 saturated heterocycles. The van der Waals surface area contributed by atoms with Crippen molar-refractivity contribution < 1.29 is 14.1 Å². The molecule has 0 aliphatic rings. The summed E-state index contributed by atoms with van der Waals surface area (Å²) in [7, 11) is -0.349. The first kappa shape index (κ1) is 21.8. The third-order valence-corrected chi connectivity index (χ3v) is 5.66. The summed E-state index contributed by atoms with van der Waals surface area (Å²) in [5.74, 6) is -0.555. The molecule has 0 N–H and O–H groups in total. The molecule has 0 aliphatic carbocycles. The van der Waals surface area contributed by atoms with Crippen molar-refractivity contribution in [1.29, 1.82) is 5.26 Å². The Balaban J connectivity index is 2.51. The van der Waals surface area contributed by atoms with Crippen molar-refractivity contribution >= 4 is 43.2 Å². The van der Waals surface area contributed by atoms with E-state index in [1.807, 2.05) is 32.0 Å². The van der Waals surface area contributed by atoms with Crippen LogP contribution >= 0.6 is 20.2 Å². The van der Waals surface area contributed by atoms with E-state index < -0.39 is 5.97 Å². The van der Waals surface area contributed by atoms with E-state index in [0.29, 0.717) is 27.9 Å². The van der Waals surface area contributed by atoms with Crippen molar-refractivity contribution in [2.75, 3.05) is 6.61 Å². The third kappa shape index (κ3) is 3.89. The Morgan fingerprint density at radius 2 is 2.07 bits per heavy atom. The van der Waals surface area contributed by atoms with Gasteiger partial charge in [-0.15, -0.1) is 0 Å². The average molecular weight is 439 g/mol. The van der Waals surface area contributed by atoms with Gasteiger partial charge in [0.2, 0.25) is 0 Å². The van der Waals surface area contributed by atoms with Crippen LogP contribution in [0.5, 0.6) is 0 Å². The second-order valence-electron chi connectivity index (χ2n) is 6.70. The summed E-state index contributed by atoms with van der Waals surface area (Å²) in [6, 6.07) is 11.2. The minimum absolute atomic E-state index is 0.195. The highest BCUT2D eigenvalue weighted by Gasteiger charge is 2.27. The molecule has 152 valence electrons. The first-order valence-electron chi connectivity index (χ1n) is 9.51. The fraction of sp³-hybridized carbons (Fsp3) is 0.217. The summed E-state index contributed by atoms with van der Waals surface area (Å²) in [5.41, 5.74) is 5.12. The van der Waals surface area contributed by atoms with Gasteiger partial charge < -0.3 is 4.74 Å². The SMILES string of the molecule is CCOC(=O)c1c(-c2cc(C)cc(/C=C/C#N)c2CC)c2cc(Cl)ccc2n1P=O. The van der Waals surface area contributed by atoms with Crippen molar-refractivity contribution in [2.24, 2.45) is 0 Å². The number of hydrogen-bond acceptors (Lipinski definition) is 4. The third-order valence-electron chi connectivity index (χ3n) is 4.84. The molecule has 5 nitrogen and oxygen atoms in total. The van der Waals surface area contributed by atoms with Gasteiger partial charge in [0.25, 0.3) is 8.61 Å². The minimum atomic E-state index is -0.555. The van der Waals surface area contributed by atoms with Gasteiger partial charge in [0.05, 0.1) is 18.2 Å². The molecule has 0 atom stereocenters. The number of nitriles is 1. The molecule has 7 heteroatoms. The van der Waals surface area contributed by atoms with Gasteiger partial charge in [-0.05, 0) is 66.8 Å². The molecule has 3 rings (SSSR count). The smallest absolute Gasteiger partial charge is 0.356 e. The van der Waals surface area contributed by atoms with Crippen LogP contribution in [-0.2, 0) is 15.7 Å². The monoisotopic (exact) mass is 438 g/mol. The van der Waals surface area contributed by atoms with Crippen molar-refractivity contribution in [2.45, 2.75) is 27.2 Å². The van der Waals surface area contributed by atoms with Crippen LogP contribution in [0.25, 0.3) is 28.1 Å². The fourth-order valence-electron chi connectivity index (χ4n) is 3.73. The van der Waals surface area contributed by atoms with Crippen molar-refractivity contribution in [3.8, 4) is 17.2 Å². The Hall–Kier alpha value is -2.93. The van der Waals surface area contributed by atoms with E-state index in [1.165, 1.54) is 10.4 Å². The van der Waals surface area contributed by atoms with Crippen LogP contribution in [-0.4, -0.2) is 16.9 Å². The first-order valence-corrected chi connectivity index (χ1v) is 10.7. The Morgan fingerprint density at radius 1 is 1.30 bits per heavy atom. The number of halogens is 1. The van der Waals surface area contributed by atoms with Crippen molar-refractivity contribution in [1.82, 2.24) is 4.34 Å². The number of allylic oxidation sites excluding steroid dienone is 1. The molecule has 0 unspecified atom stereocenters. The van der Waals surface area contributed by atoms with Gasteiger partial charge in [-0.3, -0.25) is 4.34 Å². The topological polar surface area (TPSA) is 72.1 Å². The lowest BCUT2D eigenvalue weighted by Crippen LogP contribution is -2.10. The van der Waals surface area contributed by atoms with Gasteiger partial charge in [-0.2, -0.15) is 5.26 Å². The number of rotatable bonds is 6. The van der Waals surface area contributed by atoms with Crippen LogP contribution in [0.1, 0.15) is 41.0 Å². The van der Waals surface area contributed by atoms with Gasteiger partial charge >= 0.3 is 5.97 Å². The molecule has 3 aromatic rings. The Bertz CT molecular complexity index is 1220. The summed E-state index contributed by atoms with van der Waals surface area (Å²) in [4.78, 5) is 12.9. The highest BCUT2D eigenvalue weighted by Crippen LogP contribution is 2.41. The summed E-state index contributed by atoms with van der Waals surface area (Å²) in [6.07, 6.45) is 3.86. The van der Waals surface area contributed by atoms with E-state index in [2.05, 4.69) is 0 Å². The van der Waals surface area contributed by atoms with E-state index >= 15 is 0 Å². The number of hydrogen-bond donors (Lipinski definition) is 0. The minimum Gasteiger partial charge on any atom is -0.461 e. The zero-order chi connectivity index (χ0) is 21.8. The molecular weight excluding hydrogens is 419 g/mol. The number of ether oxygens (including phenoxy) is 1. The van der Waals surface area contributed by atoms with Crippen LogP contribution in [0, 0.1) is 18.3 Å². The Kier molecular flexibility index (Phi) is 6.72. The van der Waals surface area contributed by atoms with E-state index in [0.717, 1.165) is 22.3 Å².